The standard InChI is InChI=1S/C11H13ClN2O2/c12-9-3-6(11(14)15)1-2-10(9)16-8-4-7(13)5-8/h1-3,7-8H,4-5,13H2,(H2,14,15). The summed E-state index contributed by atoms with van der Waals surface area (Å²) in [6.07, 6.45) is 1.81. The maximum atomic E-state index is 10.9. The van der Waals surface area contributed by atoms with Crippen LogP contribution in [0.5, 0.6) is 5.75 Å². The van der Waals surface area contributed by atoms with Gasteiger partial charge in [0.15, 0.2) is 0 Å². The first-order valence-electron chi connectivity index (χ1n) is 5.08. The van der Waals surface area contributed by atoms with Gasteiger partial charge in [-0.15, -0.1) is 0 Å². The van der Waals surface area contributed by atoms with Crippen molar-refractivity contribution in [1.29, 1.82) is 0 Å². The average Bonchev–Trinajstić information content (AvgIpc) is 2.18. The zero-order valence-corrected chi connectivity index (χ0v) is 9.41. The lowest BCUT2D eigenvalue weighted by atomic mass is 9.90. The van der Waals surface area contributed by atoms with E-state index in [9.17, 15) is 4.79 Å². The highest BCUT2D eigenvalue weighted by atomic mass is 35.5. The molecule has 0 aliphatic heterocycles. The van der Waals surface area contributed by atoms with Crippen molar-refractivity contribution in [2.45, 2.75) is 25.0 Å². The molecule has 86 valence electrons. The third-order valence-electron chi connectivity index (χ3n) is 2.64. The predicted octanol–water partition coefficient (Wildman–Crippen LogP) is 1.31. The van der Waals surface area contributed by atoms with E-state index in [-0.39, 0.29) is 12.1 Å². The van der Waals surface area contributed by atoms with Crippen LogP contribution in [0.2, 0.25) is 5.02 Å². The summed E-state index contributed by atoms with van der Waals surface area (Å²) in [6, 6.07) is 5.00. The van der Waals surface area contributed by atoms with Crippen molar-refractivity contribution in [3.63, 3.8) is 0 Å². The maximum absolute atomic E-state index is 10.9. The van der Waals surface area contributed by atoms with Crippen molar-refractivity contribution in [3.8, 4) is 5.75 Å². The lowest BCUT2D eigenvalue weighted by molar-refractivity contribution is 0.0996. The molecular formula is C11H13ClN2O2. The number of rotatable bonds is 3. The van der Waals surface area contributed by atoms with Gasteiger partial charge < -0.3 is 16.2 Å². The molecule has 0 aromatic heterocycles. The van der Waals surface area contributed by atoms with Gasteiger partial charge in [0.1, 0.15) is 11.9 Å². The number of carbonyl (C=O) groups excluding carboxylic acids is 1. The maximum Gasteiger partial charge on any atom is 0.248 e. The Hall–Kier alpha value is -1.26. The summed E-state index contributed by atoms with van der Waals surface area (Å²) in [7, 11) is 0. The molecule has 0 spiro atoms. The first-order chi connectivity index (χ1) is 7.56. The summed E-state index contributed by atoms with van der Waals surface area (Å²) < 4.78 is 5.62. The third kappa shape index (κ3) is 2.28. The minimum atomic E-state index is -0.501. The molecule has 0 saturated heterocycles. The molecule has 1 fully saturated rings. The SMILES string of the molecule is NC(=O)c1ccc(OC2CC(N)C2)c(Cl)c1. The van der Waals surface area contributed by atoms with Gasteiger partial charge >= 0.3 is 0 Å². The molecule has 1 aromatic carbocycles. The van der Waals surface area contributed by atoms with E-state index in [1.807, 2.05) is 0 Å². The van der Waals surface area contributed by atoms with Crippen LogP contribution >= 0.6 is 11.6 Å². The molecule has 4 nitrogen and oxygen atoms in total. The van der Waals surface area contributed by atoms with Crippen LogP contribution in [0.4, 0.5) is 0 Å². The van der Waals surface area contributed by atoms with Crippen molar-refractivity contribution < 1.29 is 9.53 Å². The molecule has 1 aliphatic rings. The van der Waals surface area contributed by atoms with Crippen molar-refractivity contribution in [1.82, 2.24) is 0 Å². The number of primary amides is 1. The molecule has 0 radical (unpaired) electrons. The first-order valence-corrected chi connectivity index (χ1v) is 5.45. The molecule has 0 atom stereocenters. The number of ether oxygens (including phenoxy) is 1. The highest BCUT2D eigenvalue weighted by molar-refractivity contribution is 6.32. The molecule has 0 heterocycles. The lowest BCUT2D eigenvalue weighted by Crippen LogP contribution is -2.43. The summed E-state index contributed by atoms with van der Waals surface area (Å²) in [5.41, 5.74) is 11.2. The highest BCUT2D eigenvalue weighted by Crippen LogP contribution is 2.30. The topological polar surface area (TPSA) is 78.3 Å². The molecule has 16 heavy (non-hydrogen) atoms. The number of halogens is 1. The third-order valence-corrected chi connectivity index (χ3v) is 2.94. The van der Waals surface area contributed by atoms with E-state index in [4.69, 9.17) is 27.8 Å². The average molecular weight is 241 g/mol. The Kier molecular flexibility index (Phi) is 3.03. The van der Waals surface area contributed by atoms with Crippen LogP contribution in [0.15, 0.2) is 18.2 Å². The minimum Gasteiger partial charge on any atom is -0.489 e. The van der Waals surface area contributed by atoms with E-state index in [2.05, 4.69) is 0 Å². The Morgan fingerprint density at radius 2 is 2.12 bits per heavy atom. The number of nitrogens with two attached hydrogens (primary N) is 2. The molecule has 1 saturated carbocycles. The Bertz CT molecular complexity index is 416. The minimum absolute atomic E-state index is 0.131. The molecule has 1 amide bonds. The second-order valence-electron chi connectivity index (χ2n) is 3.98. The molecule has 5 heteroatoms. The van der Waals surface area contributed by atoms with Gasteiger partial charge in [-0.1, -0.05) is 11.6 Å². The van der Waals surface area contributed by atoms with Crippen LogP contribution in [-0.4, -0.2) is 18.1 Å². The predicted molar refractivity (Wildman–Crippen MR) is 61.6 cm³/mol. The normalized spacial score (nSPS) is 23.6. The van der Waals surface area contributed by atoms with Gasteiger partial charge in [-0.2, -0.15) is 0 Å². The molecule has 0 unspecified atom stereocenters. The van der Waals surface area contributed by atoms with E-state index in [1.165, 1.54) is 6.07 Å². The number of amides is 1. The van der Waals surface area contributed by atoms with Gasteiger partial charge in [-0.05, 0) is 31.0 Å². The summed E-state index contributed by atoms with van der Waals surface area (Å²) >= 11 is 5.97. The summed E-state index contributed by atoms with van der Waals surface area (Å²) in [5, 5.41) is 0.400. The molecule has 2 rings (SSSR count). The monoisotopic (exact) mass is 240 g/mol. The fourth-order valence-corrected chi connectivity index (χ4v) is 1.86. The van der Waals surface area contributed by atoms with Gasteiger partial charge in [0.2, 0.25) is 5.91 Å². The number of benzene rings is 1. The summed E-state index contributed by atoms with van der Waals surface area (Å²) in [4.78, 5) is 10.9. The second kappa shape index (κ2) is 4.31. The summed E-state index contributed by atoms with van der Waals surface area (Å²) in [6.45, 7) is 0. The van der Waals surface area contributed by atoms with E-state index >= 15 is 0 Å². The quantitative estimate of drug-likeness (QED) is 0.836. The van der Waals surface area contributed by atoms with Crippen LogP contribution < -0.4 is 16.2 Å². The van der Waals surface area contributed by atoms with E-state index in [1.54, 1.807) is 12.1 Å². The Labute approximate surface area is 98.5 Å². The first kappa shape index (κ1) is 11.2. The van der Waals surface area contributed by atoms with E-state index < -0.39 is 5.91 Å². The molecule has 0 bridgehead atoms. The van der Waals surface area contributed by atoms with Gasteiger partial charge in [0, 0.05) is 11.6 Å². The summed E-state index contributed by atoms with van der Waals surface area (Å²) in [5.74, 6) is 0.0719. The fourth-order valence-electron chi connectivity index (χ4n) is 1.63. The smallest absolute Gasteiger partial charge is 0.248 e. The van der Waals surface area contributed by atoms with Crippen molar-refractivity contribution in [2.24, 2.45) is 11.5 Å². The van der Waals surface area contributed by atoms with Crippen LogP contribution in [0.1, 0.15) is 23.2 Å². The van der Waals surface area contributed by atoms with Crippen LogP contribution in [-0.2, 0) is 0 Å². The van der Waals surface area contributed by atoms with Crippen LogP contribution in [0, 0.1) is 0 Å². The van der Waals surface area contributed by atoms with Crippen molar-refractivity contribution in [3.05, 3.63) is 28.8 Å². The molecular weight excluding hydrogens is 228 g/mol. The zero-order valence-electron chi connectivity index (χ0n) is 8.65. The molecule has 1 aromatic rings. The molecule has 4 N–H and O–H groups in total. The van der Waals surface area contributed by atoms with Gasteiger partial charge in [0.05, 0.1) is 5.02 Å². The number of hydrogen-bond donors (Lipinski definition) is 2. The fraction of sp³-hybridized carbons (Fsp3) is 0.364. The number of carbonyl (C=O) groups is 1. The number of hydrogen-bond acceptors (Lipinski definition) is 3. The lowest BCUT2D eigenvalue weighted by Gasteiger charge is -2.32. The molecule has 1 aliphatic carbocycles. The van der Waals surface area contributed by atoms with Gasteiger partial charge in [0.25, 0.3) is 0 Å². The second-order valence-corrected chi connectivity index (χ2v) is 4.39. The largest absolute Gasteiger partial charge is 0.489 e. The van der Waals surface area contributed by atoms with Crippen molar-refractivity contribution in [2.75, 3.05) is 0 Å². The van der Waals surface area contributed by atoms with Crippen LogP contribution in [0.25, 0.3) is 0 Å². The Morgan fingerprint density at radius 1 is 1.44 bits per heavy atom. The van der Waals surface area contributed by atoms with Crippen molar-refractivity contribution >= 4 is 17.5 Å². The van der Waals surface area contributed by atoms with Gasteiger partial charge in [-0.25, -0.2) is 0 Å². The Morgan fingerprint density at radius 3 is 2.62 bits per heavy atom. The van der Waals surface area contributed by atoms with Crippen LogP contribution in [0.3, 0.4) is 0 Å². The zero-order chi connectivity index (χ0) is 11.7. The Balaban J connectivity index is 2.07. The highest BCUT2D eigenvalue weighted by Gasteiger charge is 2.28. The van der Waals surface area contributed by atoms with Gasteiger partial charge in [-0.3, -0.25) is 4.79 Å². The van der Waals surface area contributed by atoms with E-state index in [0.29, 0.717) is 16.3 Å². The van der Waals surface area contributed by atoms with E-state index in [0.717, 1.165) is 12.8 Å².